The first-order valence-corrected chi connectivity index (χ1v) is 5.99. The smallest absolute Gasteiger partial charge is 0.129 e. The Labute approximate surface area is 102 Å². The van der Waals surface area contributed by atoms with Crippen molar-refractivity contribution >= 4 is 11.6 Å². The molecule has 0 aliphatic rings. The Kier molecular flexibility index (Phi) is 5.74. The standard InChI is InChI=1S/C12H19ClN2O/c1-3-9(2)11(8-16)14-6-10-4-5-12(13)15-7-10/h4-5,7,9,11,14,16H,3,6,8H2,1-2H3. The van der Waals surface area contributed by atoms with E-state index >= 15 is 0 Å². The molecule has 1 heterocycles. The van der Waals surface area contributed by atoms with Crippen LogP contribution in [-0.2, 0) is 6.54 Å². The van der Waals surface area contributed by atoms with E-state index in [4.69, 9.17) is 11.6 Å². The van der Waals surface area contributed by atoms with Crippen molar-refractivity contribution in [3.63, 3.8) is 0 Å². The van der Waals surface area contributed by atoms with E-state index in [2.05, 4.69) is 24.1 Å². The fraction of sp³-hybridized carbons (Fsp3) is 0.583. The fourth-order valence-corrected chi connectivity index (χ4v) is 1.60. The monoisotopic (exact) mass is 242 g/mol. The average molecular weight is 243 g/mol. The van der Waals surface area contributed by atoms with Crippen molar-refractivity contribution in [2.45, 2.75) is 32.9 Å². The minimum atomic E-state index is 0.140. The molecule has 3 nitrogen and oxygen atoms in total. The quantitative estimate of drug-likeness (QED) is 0.752. The van der Waals surface area contributed by atoms with Gasteiger partial charge in [0.2, 0.25) is 0 Å². The largest absolute Gasteiger partial charge is 0.395 e. The summed E-state index contributed by atoms with van der Waals surface area (Å²) in [6, 6.07) is 3.85. The lowest BCUT2D eigenvalue weighted by atomic mass is 10.00. The van der Waals surface area contributed by atoms with Gasteiger partial charge in [0.05, 0.1) is 6.61 Å². The molecule has 0 fully saturated rings. The van der Waals surface area contributed by atoms with Gasteiger partial charge in [0.1, 0.15) is 5.15 Å². The van der Waals surface area contributed by atoms with Crippen LogP contribution in [0.4, 0.5) is 0 Å². The third-order valence-corrected chi connectivity index (χ3v) is 3.11. The minimum absolute atomic E-state index is 0.140. The van der Waals surface area contributed by atoms with Crippen molar-refractivity contribution in [1.29, 1.82) is 0 Å². The molecule has 0 spiro atoms. The van der Waals surface area contributed by atoms with E-state index in [0.717, 1.165) is 12.0 Å². The lowest BCUT2D eigenvalue weighted by molar-refractivity contribution is 0.201. The van der Waals surface area contributed by atoms with Gasteiger partial charge in [-0.3, -0.25) is 0 Å². The summed E-state index contributed by atoms with van der Waals surface area (Å²) in [7, 11) is 0. The van der Waals surface area contributed by atoms with Crippen molar-refractivity contribution in [3.8, 4) is 0 Å². The van der Waals surface area contributed by atoms with Crippen molar-refractivity contribution < 1.29 is 5.11 Å². The maximum Gasteiger partial charge on any atom is 0.129 e. The number of hydrogen-bond donors (Lipinski definition) is 2. The number of halogens is 1. The maximum absolute atomic E-state index is 9.25. The molecule has 0 aromatic carbocycles. The van der Waals surface area contributed by atoms with Crippen LogP contribution in [0.15, 0.2) is 18.3 Å². The first-order chi connectivity index (χ1) is 7.67. The van der Waals surface area contributed by atoms with Crippen molar-refractivity contribution in [2.75, 3.05) is 6.61 Å². The van der Waals surface area contributed by atoms with E-state index in [1.54, 1.807) is 12.3 Å². The van der Waals surface area contributed by atoms with Gasteiger partial charge in [0, 0.05) is 18.8 Å². The highest BCUT2D eigenvalue weighted by atomic mass is 35.5. The van der Waals surface area contributed by atoms with Gasteiger partial charge in [0.15, 0.2) is 0 Å². The summed E-state index contributed by atoms with van der Waals surface area (Å²) < 4.78 is 0. The summed E-state index contributed by atoms with van der Waals surface area (Å²) in [6.07, 6.45) is 2.80. The zero-order chi connectivity index (χ0) is 12.0. The normalized spacial score (nSPS) is 14.8. The van der Waals surface area contributed by atoms with E-state index in [0.29, 0.717) is 17.6 Å². The Bertz CT molecular complexity index is 302. The summed E-state index contributed by atoms with van der Waals surface area (Å²) in [5.41, 5.74) is 1.08. The number of hydrogen-bond acceptors (Lipinski definition) is 3. The number of pyridine rings is 1. The fourth-order valence-electron chi connectivity index (χ4n) is 1.49. The molecule has 2 N–H and O–H groups in total. The van der Waals surface area contributed by atoms with Gasteiger partial charge in [-0.05, 0) is 17.5 Å². The third-order valence-electron chi connectivity index (χ3n) is 2.88. The van der Waals surface area contributed by atoms with Crippen molar-refractivity contribution in [2.24, 2.45) is 5.92 Å². The number of aliphatic hydroxyl groups is 1. The van der Waals surface area contributed by atoms with Crippen molar-refractivity contribution in [1.82, 2.24) is 10.3 Å². The molecule has 4 heteroatoms. The van der Waals surface area contributed by atoms with Gasteiger partial charge in [-0.25, -0.2) is 4.98 Å². The second-order valence-corrected chi connectivity index (χ2v) is 4.43. The number of aromatic nitrogens is 1. The predicted molar refractivity (Wildman–Crippen MR) is 66.4 cm³/mol. The summed E-state index contributed by atoms with van der Waals surface area (Å²) in [5.74, 6) is 0.463. The zero-order valence-electron chi connectivity index (χ0n) is 9.78. The summed E-state index contributed by atoms with van der Waals surface area (Å²) >= 11 is 5.70. The molecule has 0 aliphatic heterocycles. The molecule has 2 atom stereocenters. The van der Waals surface area contributed by atoms with Crippen LogP contribution < -0.4 is 5.32 Å². The first kappa shape index (κ1) is 13.4. The van der Waals surface area contributed by atoms with Crippen LogP contribution in [0.3, 0.4) is 0 Å². The predicted octanol–water partition coefficient (Wildman–Crippen LogP) is 2.23. The van der Waals surface area contributed by atoms with E-state index in [-0.39, 0.29) is 12.6 Å². The Balaban J connectivity index is 2.46. The first-order valence-electron chi connectivity index (χ1n) is 5.62. The molecule has 0 amide bonds. The molecule has 0 saturated carbocycles. The van der Waals surface area contributed by atoms with Gasteiger partial charge in [-0.15, -0.1) is 0 Å². The SMILES string of the molecule is CCC(C)C(CO)NCc1ccc(Cl)nc1. The van der Waals surface area contributed by atoms with Gasteiger partial charge >= 0.3 is 0 Å². The number of aliphatic hydroxyl groups excluding tert-OH is 1. The van der Waals surface area contributed by atoms with Crippen LogP contribution in [0, 0.1) is 5.92 Å². The molecule has 1 rings (SSSR count). The number of rotatable bonds is 6. The Hall–Kier alpha value is -0.640. The van der Waals surface area contributed by atoms with Gasteiger partial charge < -0.3 is 10.4 Å². The molecule has 90 valence electrons. The van der Waals surface area contributed by atoms with Gasteiger partial charge in [-0.1, -0.05) is 37.9 Å². The topological polar surface area (TPSA) is 45.1 Å². The lowest BCUT2D eigenvalue weighted by Gasteiger charge is -2.22. The molecular formula is C12H19ClN2O. The molecule has 2 unspecified atom stereocenters. The molecule has 1 aromatic rings. The number of nitrogens with one attached hydrogen (secondary N) is 1. The summed E-state index contributed by atoms with van der Waals surface area (Å²) in [4.78, 5) is 4.01. The van der Waals surface area contributed by atoms with Crippen LogP contribution in [-0.4, -0.2) is 22.7 Å². The maximum atomic E-state index is 9.25. The minimum Gasteiger partial charge on any atom is -0.395 e. The van der Waals surface area contributed by atoms with Crippen LogP contribution in [0.5, 0.6) is 0 Å². The van der Waals surface area contributed by atoms with E-state index in [9.17, 15) is 5.11 Å². The zero-order valence-corrected chi connectivity index (χ0v) is 10.5. The second-order valence-electron chi connectivity index (χ2n) is 4.04. The van der Waals surface area contributed by atoms with Crippen molar-refractivity contribution in [3.05, 3.63) is 29.0 Å². The highest BCUT2D eigenvalue weighted by Crippen LogP contribution is 2.09. The molecule has 16 heavy (non-hydrogen) atoms. The number of nitrogens with zero attached hydrogens (tertiary/aromatic N) is 1. The van der Waals surface area contributed by atoms with E-state index in [1.807, 2.05) is 6.07 Å². The van der Waals surface area contributed by atoms with E-state index in [1.165, 1.54) is 0 Å². The molecule has 0 saturated heterocycles. The molecule has 0 aliphatic carbocycles. The summed E-state index contributed by atoms with van der Waals surface area (Å²) in [5, 5.41) is 13.1. The highest BCUT2D eigenvalue weighted by Gasteiger charge is 2.13. The average Bonchev–Trinajstić information content (AvgIpc) is 2.31. The molecule has 0 radical (unpaired) electrons. The van der Waals surface area contributed by atoms with Crippen LogP contribution in [0.2, 0.25) is 5.15 Å². The van der Waals surface area contributed by atoms with Crippen LogP contribution in [0.1, 0.15) is 25.8 Å². The van der Waals surface area contributed by atoms with Gasteiger partial charge in [0.25, 0.3) is 0 Å². The Morgan fingerprint density at radius 2 is 2.25 bits per heavy atom. The Morgan fingerprint density at radius 3 is 2.75 bits per heavy atom. The van der Waals surface area contributed by atoms with Crippen LogP contribution in [0.25, 0.3) is 0 Å². The van der Waals surface area contributed by atoms with Crippen LogP contribution >= 0.6 is 11.6 Å². The highest BCUT2D eigenvalue weighted by molar-refractivity contribution is 6.29. The molecule has 0 bridgehead atoms. The molecule has 1 aromatic heterocycles. The second kappa shape index (κ2) is 6.84. The molecular weight excluding hydrogens is 224 g/mol. The third kappa shape index (κ3) is 4.08. The Morgan fingerprint density at radius 1 is 1.50 bits per heavy atom. The summed E-state index contributed by atoms with van der Waals surface area (Å²) in [6.45, 7) is 5.13. The lowest BCUT2D eigenvalue weighted by Crippen LogP contribution is -2.37. The van der Waals surface area contributed by atoms with Gasteiger partial charge in [-0.2, -0.15) is 0 Å². The van der Waals surface area contributed by atoms with E-state index < -0.39 is 0 Å².